The third-order valence-electron chi connectivity index (χ3n) is 6.20. The molecule has 2 fully saturated rings. The molecule has 1 aliphatic carbocycles. The summed E-state index contributed by atoms with van der Waals surface area (Å²) < 4.78 is 10.9. The largest absolute Gasteiger partial charge is 0.469 e. The lowest BCUT2D eigenvalue weighted by Gasteiger charge is -2.41. The molecule has 1 saturated heterocycles. The Morgan fingerprint density at radius 3 is 2.77 bits per heavy atom. The molecule has 31 heavy (non-hydrogen) atoms. The van der Waals surface area contributed by atoms with Gasteiger partial charge in [0.25, 0.3) is 0 Å². The molecule has 0 spiro atoms. The van der Waals surface area contributed by atoms with Gasteiger partial charge in [0.05, 0.1) is 12.4 Å². The van der Waals surface area contributed by atoms with Crippen LogP contribution < -0.4 is 10.6 Å². The van der Waals surface area contributed by atoms with Crippen LogP contribution in [0, 0.1) is 0 Å². The summed E-state index contributed by atoms with van der Waals surface area (Å²) in [5.41, 5.74) is 0. The van der Waals surface area contributed by atoms with E-state index >= 15 is 0 Å². The molecule has 0 bridgehead atoms. The Morgan fingerprint density at radius 2 is 2.06 bits per heavy atom. The van der Waals surface area contributed by atoms with Crippen molar-refractivity contribution >= 4 is 29.9 Å². The smallest absolute Gasteiger partial charge is 0.191 e. The van der Waals surface area contributed by atoms with E-state index in [0.717, 1.165) is 89.6 Å². The number of hydrogen-bond acceptors (Lipinski definition) is 5. The van der Waals surface area contributed by atoms with Crippen LogP contribution >= 0.6 is 24.0 Å². The average Bonchev–Trinajstić information content (AvgIpc) is 3.28. The van der Waals surface area contributed by atoms with Crippen LogP contribution in [0.2, 0.25) is 0 Å². The van der Waals surface area contributed by atoms with E-state index in [1.807, 2.05) is 19.1 Å². The van der Waals surface area contributed by atoms with Crippen LogP contribution in [0.25, 0.3) is 0 Å². The molecule has 8 heteroatoms. The molecule has 1 saturated carbocycles. The van der Waals surface area contributed by atoms with Crippen LogP contribution in [0.3, 0.4) is 0 Å². The van der Waals surface area contributed by atoms with E-state index in [1.165, 1.54) is 12.8 Å². The first-order valence-electron chi connectivity index (χ1n) is 11.8. The summed E-state index contributed by atoms with van der Waals surface area (Å²) in [5, 5.41) is 17.5. The number of rotatable bonds is 10. The molecule has 2 atom stereocenters. The summed E-state index contributed by atoms with van der Waals surface area (Å²) in [5.74, 6) is 1.87. The number of likely N-dealkylation sites (tertiary alicyclic amines) is 1. The number of furan rings is 1. The summed E-state index contributed by atoms with van der Waals surface area (Å²) >= 11 is 0. The molecule has 3 rings (SSSR count). The highest BCUT2D eigenvalue weighted by molar-refractivity contribution is 14.0. The predicted molar refractivity (Wildman–Crippen MR) is 135 cm³/mol. The number of guanidine groups is 1. The second-order valence-corrected chi connectivity index (χ2v) is 8.41. The summed E-state index contributed by atoms with van der Waals surface area (Å²) in [4.78, 5) is 7.26. The van der Waals surface area contributed by atoms with Gasteiger partial charge in [-0.05, 0) is 51.2 Å². The second-order valence-electron chi connectivity index (χ2n) is 8.41. The lowest BCUT2D eigenvalue weighted by atomic mass is 9.89. The zero-order valence-corrected chi connectivity index (χ0v) is 21.3. The Bertz CT molecular complexity index is 606. The molecule has 1 aliphatic heterocycles. The Morgan fingerprint density at radius 1 is 1.26 bits per heavy atom. The van der Waals surface area contributed by atoms with Crippen molar-refractivity contribution in [1.82, 2.24) is 15.5 Å². The van der Waals surface area contributed by atoms with E-state index in [2.05, 4.69) is 15.5 Å². The SMILES string of the molecule is CCOCCCN=C(NCCc1ccco1)NC1CCN(C2CCCCC2O)CC1.I. The molecule has 178 valence electrons. The van der Waals surface area contributed by atoms with Crippen molar-refractivity contribution in [3.63, 3.8) is 0 Å². The van der Waals surface area contributed by atoms with E-state index in [9.17, 15) is 5.11 Å². The van der Waals surface area contributed by atoms with Gasteiger partial charge in [-0.2, -0.15) is 0 Å². The van der Waals surface area contributed by atoms with E-state index in [0.29, 0.717) is 12.1 Å². The molecule has 1 aromatic heterocycles. The first-order valence-corrected chi connectivity index (χ1v) is 11.8. The topological polar surface area (TPSA) is 82.3 Å². The third-order valence-corrected chi connectivity index (χ3v) is 6.20. The minimum Gasteiger partial charge on any atom is -0.469 e. The fraction of sp³-hybridized carbons (Fsp3) is 0.783. The van der Waals surface area contributed by atoms with Crippen molar-refractivity contribution in [1.29, 1.82) is 0 Å². The number of ether oxygens (including phenoxy) is 1. The minimum atomic E-state index is -0.144. The monoisotopic (exact) mass is 548 g/mol. The van der Waals surface area contributed by atoms with Gasteiger partial charge in [-0.3, -0.25) is 9.89 Å². The van der Waals surface area contributed by atoms with Gasteiger partial charge < -0.3 is 24.9 Å². The number of aliphatic hydroxyl groups excluding tert-OH is 1. The predicted octanol–water partition coefficient (Wildman–Crippen LogP) is 3.17. The summed E-state index contributed by atoms with van der Waals surface area (Å²) in [6.07, 6.45) is 10.0. The van der Waals surface area contributed by atoms with Gasteiger partial charge in [-0.25, -0.2) is 0 Å². The lowest BCUT2D eigenvalue weighted by molar-refractivity contribution is 0.00810. The number of nitrogens with zero attached hydrogens (tertiary/aromatic N) is 2. The van der Waals surface area contributed by atoms with E-state index in [-0.39, 0.29) is 30.1 Å². The fourth-order valence-corrected chi connectivity index (χ4v) is 4.50. The van der Waals surface area contributed by atoms with Gasteiger partial charge >= 0.3 is 0 Å². The maximum atomic E-state index is 10.4. The number of hydrogen-bond donors (Lipinski definition) is 3. The quantitative estimate of drug-likeness (QED) is 0.180. The van der Waals surface area contributed by atoms with Crippen LogP contribution in [-0.2, 0) is 11.2 Å². The summed E-state index contributed by atoms with van der Waals surface area (Å²) in [6, 6.07) is 4.71. The van der Waals surface area contributed by atoms with Crippen molar-refractivity contribution < 1.29 is 14.3 Å². The number of nitrogens with one attached hydrogen (secondary N) is 2. The van der Waals surface area contributed by atoms with E-state index in [4.69, 9.17) is 14.1 Å². The van der Waals surface area contributed by atoms with Gasteiger partial charge in [0.2, 0.25) is 0 Å². The maximum Gasteiger partial charge on any atom is 0.191 e. The van der Waals surface area contributed by atoms with Crippen LogP contribution in [0.1, 0.15) is 57.6 Å². The van der Waals surface area contributed by atoms with Crippen LogP contribution in [0.4, 0.5) is 0 Å². The van der Waals surface area contributed by atoms with Crippen LogP contribution in [0.15, 0.2) is 27.8 Å². The average molecular weight is 549 g/mol. The van der Waals surface area contributed by atoms with Gasteiger partial charge in [-0.15, -0.1) is 24.0 Å². The number of halogens is 1. The molecular formula is C23H41IN4O3. The molecule has 0 amide bonds. The van der Waals surface area contributed by atoms with E-state index in [1.54, 1.807) is 6.26 Å². The van der Waals surface area contributed by atoms with Gasteiger partial charge in [-0.1, -0.05) is 12.8 Å². The number of aliphatic hydroxyl groups is 1. The Hall–Kier alpha value is -0.840. The molecule has 2 unspecified atom stereocenters. The van der Waals surface area contributed by atoms with Crippen LogP contribution in [-0.4, -0.2) is 73.5 Å². The van der Waals surface area contributed by atoms with Crippen molar-refractivity contribution in [2.24, 2.45) is 4.99 Å². The van der Waals surface area contributed by atoms with E-state index < -0.39 is 0 Å². The first kappa shape index (κ1) is 26.4. The highest BCUT2D eigenvalue weighted by Gasteiger charge is 2.31. The number of aliphatic imine (C=N–C) groups is 1. The molecule has 2 aliphatic rings. The van der Waals surface area contributed by atoms with Gasteiger partial charge in [0.1, 0.15) is 5.76 Å². The molecule has 1 aromatic rings. The second kappa shape index (κ2) is 15.1. The normalized spacial score (nSPS) is 23.4. The standard InChI is InChI=1S/C23H40N4O3.HI/c1-2-29-17-6-13-24-23(25-14-10-20-7-5-18-30-20)26-19-11-15-27(16-12-19)21-8-3-4-9-22(21)28;/h5,7,18-19,21-22,28H,2-4,6,8-17H2,1H3,(H2,24,25,26);1H. The van der Waals surface area contributed by atoms with Gasteiger partial charge in [0, 0.05) is 57.9 Å². The highest BCUT2D eigenvalue weighted by atomic mass is 127. The molecule has 0 radical (unpaired) electrons. The van der Waals surface area contributed by atoms with Crippen molar-refractivity contribution in [2.75, 3.05) is 39.4 Å². The highest BCUT2D eigenvalue weighted by Crippen LogP contribution is 2.25. The van der Waals surface area contributed by atoms with Crippen molar-refractivity contribution in [2.45, 2.75) is 76.5 Å². The molecular weight excluding hydrogens is 507 g/mol. The first-order chi connectivity index (χ1) is 14.8. The Kier molecular flexibility index (Phi) is 12.8. The van der Waals surface area contributed by atoms with Crippen LogP contribution in [0.5, 0.6) is 0 Å². The zero-order chi connectivity index (χ0) is 21.0. The van der Waals surface area contributed by atoms with Crippen molar-refractivity contribution in [3.8, 4) is 0 Å². The fourth-order valence-electron chi connectivity index (χ4n) is 4.50. The lowest BCUT2D eigenvalue weighted by Crippen LogP contribution is -2.53. The molecule has 2 heterocycles. The zero-order valence-electron chi connectivity index (χ0n) is 18.9. The summed E-state index contributed by atoms with van der Waals surface area (Å²) in [6.45, 7) is 7.16. The Labute approximate surface area is 204 Å². The molecule has 7 nitrogen and oxygen atoms in total. The third kappa shape index (κ3) is 9.27. The Balaban J connectivity index is 0.00000341. The molecule has 3 N–H and O–H groups in total. The molecule has 0 aromatic carbocycles. The maximum absolute atomic E-state index is 10.4. The minimum absolute atomic E-state index is 0. The number of piperidine rings is 1. The van der Waals surface area contributed by atoms with Crippen molar-refractivity contribution in [3.05, 3.63) is 24.2 Å². The summed E-state index contributed by atoms with van der Waals surface area (Å²) in [7, 11) is 0. The van der Waals surface area contributed by atoms with Gasteiger partial charge in [0.15, 0.2) is 5.96 Å².